The zero-order valence-corrected chi connectivity index (χ0v) is 17.6. The monoisotopic (exact) mass is 431 g/mol. The molecule has 7 nitrogen and oxygen atoms in total. The van der Waals surface area contributed by atoms with Gasteiger partial charge in [-0.1, -0.05) is 6.07 Å². The smallest absolute Gasteiger partial charge is 0.273 e. The molecule has 8 heteroatoms. The van der Waals surface area contributed by atoms with Gasteiger partial charge in [-0.25, -0.2) is 14.4 Å². The lowest BCUT2D eigenvalue weighted by Gasteiger charge is -2.21. The molecule has 1 N–H and O–H groups in total. The van der Waals surface area contributed by atoms with Crippen LogP contribution in [-0.2, 0) is 4.74 Å². The SMILES string of the molecule is Cc1nc(-c2ccccn2)ncc1C(=O)Nn1cc(C2CCOCC2)c2cc(F)ccc21. The van der Waals surface area contributed by atoms with E-state index in [9.17, 15) is 9.18 Å². The van der Waals surface area contributed by atoms with Gasteiger partial charge in [0.1, 0.15) is 11.5 Å². The van der Waals surface area contributed by atoms with E-state index in [1.54, 1.807) is 23.9 Å². The minimum Gasteiger partial charge on any atom is -0.381 e. The summed E-state index contributed by atoms with van der Waals surface area (Å²) in [5.41, 5.74) is 6.21. The number of aryl methyl sites for hydroxylation is 1. The molecule has 32 heavy (non-hydrogen) atoms. The Morgan fingerprint density at radius 2 is 2.03 bits per heavy atom. The quantitative estimate of drug-likeness (QED) is 0.523. The number of amides is 1. The predicted octanol–water partition coefficient (Wildman–Crippen LogP) is 4.22. The molecule has 1 aliphatic rings. The Kier molecular flexibility index (Phi) is 5.36. The van der Waals surface area contributed by atoms with E-state index >= 15 is 0 Å². The van der Waals surface area contributed by atoms with Gasteiger partial charge in [0, 0.05) is 37.2 Å². The van der Waals surface area contributed by atoms with Gasteiger partial charge in [0.15, 0.2) is 5.82 Å². The molecular weight excluding hydrogens is 409 g/mol. The van der Waals surface area contributed by atoms with E-state index in [-0.39, 0.29) is 17.6 Å². The van der Waals surface area contributed by atoms with E-state index in [2.05, 4.69) is 20.4 Å². The number of fused-ring (bicyclic) bond motifs is 1. The van der Waals surface area contributed by atoms with E-state index in [0.717, 1.165) is 29.3 Å². The summed E-state index contributed by atoms with van der Waals surface area (Å²) in [4.78, 5) is 26.1. The van der Waals surface area contributed by atoms with Gasteiger partial charge in [-0.3, -0.25) is 19.9 Å². The number of rotatable bonds is 4. The molecule has 1 aromatic carbocycles. The van der Waals surface area contributed by atoms with Crippen molar-refractivity contribution in [3.63, 3.8) is 0 Å². The minimum absolute atomic E-state index is 0.258. The van der Waals surface area contributed by atoms with Gasteiger partial charge in [0.05, 0.1) is 16.8 Å². The van der Waals surface area contributed by atoms with Crippen LogP contribution >= 0.6 is 0 Å². The molecule has 3 aromatic heterocycles. The Hall–Kier alpha value is -3.65. The van der Waals surface area contributed by atoms with Gasteiger partial charge < -0.3 is 4.74 Å². The van der Waals surface area contributed by atoms with Gasteiger partial charge >= 0.3 is 0 Å². The summed E-state index contributed by atoms with van der Waals surface area (Å²) >= 11 is 0. The van der Waals surface area contributed by atoms with Crippen molar-refractivity contribution in [1.29, 1.82) is 0 Å². The number of aromatic nitrogens is 4. The molecule has 1 saturated heterocycles. The fourth-order valence-electron chi connectivity index (χ4n) is 4.13. The van der Waals surface area contributed by atoms with Crippen molar-refractivity contribution in [2.75, 3.05) is 18.6 Å². The molecule has 162 valence electrons. The van der Waals surface area contributed by atoms with Gasteiger partial charge in [0.2, 0.25) is 0 Å². The first-order chi connectivity index (χ1) is 15.6. The lowest BCUT2D eigenvalue weighted by atomic mass is 9.91. The second-order valence-corrected chi connectivity index (χ2v) is 7.85. The van der Waals surface area contributed by atoms with Gasteiger partial charge in [-0.15, -0.1) is 0 Å². The highest BCUT2D eigenvalue weighted by atomic mass is 19.1. The van der Waals surface area contributed by atoms with E-state index in [1.165, 1.54) is 18.3 Å². The zero-order valence-electron chi connectivity index (χ0n) is 17.6. The van der Waals surface area contributed by atoms with Crippen molar-refractivity contribution in [3.05, 3.63) is 77.6 Å². The van der Waals surface area contributed by atoms with E-state index < -0.39 is 0 Å². The molecule has 0 aliphatic carbocycles. The zero-order chi connectivity index (χ0) is 22.1. The van der Waals surface area contributed by atoms with Crippen LogP contribution in [0.5, 0.6) is 0 Å². The Morgan fingerprint density at radius 3 is 2.78 bits per heavy atom. The molecule has 1 aliphatic heterocycles. The van der Waals surface area contributed by atoms with Gasteiger partial charge in [-0.05, 0) is 61.6 Å². The molecule has 4 heterocycles. The molecule has 0 saturated carbocycles. The highest BCUT2D eigenvalue weighted by Crippen LogP contribution is 2.34. The normalized spacial score (nSPS) is 14.6. The molecule has 0 radical (unpaired) electrons. The predicted molar refractivity (Wildman–Crippen MR) is 118 cm³/mol. The van der Waals surface area contributed by atoms with Gasteiger partial charge in [-0.2, -0.15) is 0 Å². The van der Waals surface area contributed by atoms with E-state index in [0.29, 0.717) is 36.0 Å². The lowest BCUT2D eigenvalue weighted by Crippen LogP contribution is -2.23. The third-order valence-electron chi connectivity index (χ3n) is 5.80. The number of hydrogen-bond donors (Lipinski definition) is 1. The van der Waals surface area contributed by atoms with Crippen LogP contribution in [-0.4, -0.2) is 38.7 Å². The topological polar surface area (TPSA) is 81.9 Å². The van der Waals surface area contributed by atoms with E-state index in [4.69, 9.17) is 4.74 Å². The number of carbonyl (C=O) groups excluding carboxylic acids is 1. The average Bonchev–Trinajstić information content (AvgIpc) is 3.17. The Bertz CT molecular complexity index is 1280. The molecule has 5 rings (SSSR count). The molecule has 0 spiro atoms. The summed E-state index contributed by atoms with van der Waals surface area (Å²) in [6.45, 7) is 3.12. The number of halogens is 1. The number of benzene rings is 1. The number of nitrogens with zero attached hydrogens (tertiary/aromatic N) is 4. The first-order valence-electron chi connectivity index (χ1n) is 10.5. The molecular formula is C24H22FN5O2. The van der Waals surface area contributed by atoms with Crippen molar-refractivity contribution in [3.8, 4) is 11.5 Å². The maximum atomic E-state index is 14.0. The summed E-state index contributed by atoms with van der Waals surface area (Å²) in [7, 11) is 0. The number of pyridine rings is 1. The summed E-state index contributed by atoms with van der Waals surface area (Å²) < 4.78 is 21.1. The second kappa shape index (κ2) is 8.47. The van der Waals surface area contributed by atoms with Crippen LogP contribution in [0.25, 0.3) is 22.4 Å². The van der Waals surface area contributed by atoms with Crippen LogP contribution in [0.15, 0.2) is 55.0 Å². The summed E-state index contributed by atoms with van der Waals surface area (Å²) in [6.07, 6.45) is 6.80. The third kappa shape index (κ3) is 3.85. The number of hydrogen-bond acceptors (Lipinski definition) is 5. The molecule has 1 amide bonds. The van der Waals surface area contributed by atoms with Crippen molar-refractivity contribution in [2.24, 2.45) is 0 Å². The van der Waals surface area contributed by atoms with Crippen molar-refractivity contribution in [1.82, 2.24) is 19.6 Å². The van der Waals surface area contributed by atoms with E-state index in [1.807, 2.05) is 24.4 Å². The maximum Gasteiger partial charge on any atom is 0.273 e. The number of nitrogens with one attached hydrogen (secondary N) is 1. The van der Waals surface area contributed by atoms with Crippen LogP contribution in [0.4, 0.5) is 4.39 Å². The first-order valence-corrected chi connectivity index (χ1v) is 10.5. The molecule has 1 fully saturated rings. The summed E-state index contributed by atoms with van der Waals surface area (Å²) in [6, 6.07) is 10.1. The molecule has 0 atom stereocenters. The number of carbonyl (C=O) groups is 1. The second-order valence-electron chi connectivity index (χ2n) is 7.85. The highest BCUT2D eigenvalue weighted by molar-refractivity contribution is 6.01. The Labute approximate surface area is 184 Å². The van der Waals surface area contributed by atoms with Crippen molar-refractivity contribution < 1.29 is 13.9 Å². The average molecular weight is 431 g/mol. The van der Waals surface area contributed by atoms with Crippen LogP contribution in [0.3, 0.4) is 0 Å². The standard InChI is InChI=1S/C24H22FN5O2/c1-15-19(13-27-23(28-15)21-4-2-3-9-26-21)24(31)29-30-14-20(16-7-10-32-11-8-16)18-12-17(25)5-6-22(18)30/h2-6,9,12-14,16H,7-8,10-11H2,1H3,(H,29,31). The van der Waals surface area contributed by atoms with Gasteiger partial charge in [0.25, 0.3) is 5.91 Å². The van der Waals surface area contributed by atoms with Crippen molar-refractivity contribution in [2.45, 2.75) is 25.7 Å². The van der Waals surface area contributed by atoms with Crippen molar-refractivity contribution >= 4 is 16.8 Å². The number of ether oxygens (including phenoxy) is 1. The minimum atomic E-state index is -0.338. The molecule has 4 aromatic rings. The molecule has 0 unspecified atom stereocenters. The Morgan fingerprint density at radius 1 is 1.19 bits per heavy atom. The fraction of sp³-hybridized carbons (Fsp3) is 0.250. The third-order valence-corrected chi connectivity index (χ3v) is 5.80. The first kappa shape index (κ1) is 20.3. The fourth-order valence-corrected chi connectivity index (χ4v) is 4.13. The summed E-state index contributed by atoms with van der Waals surface area (Å²) in [5.74, 6) is 0.0799. The molecule has 0 bridgehead atoms. The largest absolute Gasteiger partial charge is 0.381 e. The lowest BCUT2D eigenvalue weighted by molar-refractivity contribution is 0.0855. The van der Waals surface area contributed by atoms with Crippen LogP contribution in [0.2, 0.25) is 0 Å². The Balaban J connectivity index is 1.46. The maximum absolute atomic E-state index is 14.0. The summed E-state index contributed by atoms with van der Waals surface area (Å²) in [5, 5.41) is 0.802. The van der Waals surface area contributed by atoms with Crippen LogP contribution in [0.1, 0.15) is 40.4 Å². The van der Waals surface area contributed by atoms with Crippen LogP contribution in [0, 0.1) is 12.7 Å². The highest BCUT2D eigenvalue weighted by Gasteiger charge is 2.22. The van der Waals surface area contributed by atoms with Crippen LogP contribution < -0.4 is 5.43 Å².